The fraction of sp³-hybridized carbons (Fsp3) is 0.0909. The Hall–Kier alpha value is -3.58. The number of rotatable bonds is 6. The highest BCUT2D eigenvalue weighted by molar-refractivity contribution is 5.97. The van der Waals surface area contributed by atoms with Gasteiger partial charge < -0.3 is 9.47 Å². The summed E-state index contributed by atoms with van der Waals surface area (Å²) < 4.78 is 10.7. The minimum absolute atomic E-state index is 0.0253. The Balaban J connectivity index is 1.61. The summed E-state index contributed by atoms with van der Waals surface area (Å²) >= 11 is 0. The van der Waals surface area contributed by atoms with Crippen LogP contribution in [0.5, 0.6) is 11.5 Å². The lowest BCUT2D eigenvalue weighted by atomic mass is 10.0. The number of hydrogen-bond donors (Lipinski definition) is 0. The van der Waals surface area contributed by atoms with E-state index in [1.807, 2.05) is 36.4 Å². The van der Waals surface area contributed by atoms with E-state index in [2.05, 4.69) is 6.07 Å². The van der Waals surface area contributed by atoms with Crippen molar-refractivity contribution in [3.05, 3.63) is 83.9 Å². The third kappa shape index (κ3) is 4.08. The smallest absolute Gasteiger partial charge is 0.200 e. The van der Waals surface area contributed by atoms with Crippen LogP contribution in [0.25, 0.3) is 11.1 Å². The highest BCUT2D eigenvalue weighted by Crippen LogP contribution is 2.23. The van der Waals surface area contributed by atoms with Gasteiger partial charge in [0.25, 0.3) is 0 Å². The van der Waals surface area contributed by atoms with Crippen LogP contribution in [0.2, 0.25) is 0 Å². The van der Waals surface area contributed by atoms with E-state index in [0.29, 0.717) is 22.6 Å². The Morgan fingerprint density at radius 1 is 0.846 bits per heavy atom. The van der Waals surface area contributed by atoms with Gasteiger partial charge in [-0.3, -0.25) is 4.79 Å². The third-order valence-electron chi connectivity index (χ3n) is 3.98. The Labute approximate surface area is 152 Å². The Morgan fingerprint density at radius 2 is 1.38 bits per heavy atom. The predicted molar refractivity (Wildman–Crippen MR) is 99.4 cm³/mol. The summed E-state index contributed by atoms with van der Waals surface area (Å²) in [5.41, 5.74) is 3.25. The maximum atomic E-state index is 12.2. The summed E-state index contributed by atoms with van der Waals surface area (Å²) in [6.07, 6.45) is 0. The van der Waals surface area contributed by atoms with Crippen molar-refractivity contribution in [3.8, 4) is 28.7 Å². The number of nitriles is 1. The first kappa shape index (κ1) is 17.2. The fourth-order valence-corrected chi connectivity index (χ4v) is 2.49. The molecule has 26 heavy (non-hydrogen) atoms. The number of ether oxygens (including phenoxy) is 2. The van der Waals surface area contributed by atoms with Gasteiger partial charge in [-0.15, -0.1) is 0 Å². The maximum Gasteiger partial charge on any atom is 0.200 e. The van der Waals surface area contributed by atoms with Crippen molar-refractivity contribution in [2.45, 2.75) is 0 Å². The van der Waals surface area contributed by atoms with E-state index in [1.165, 1.54) is 0 Å². The average Bonchev–Trinajstić information content (AvgIpc) is 2.72. The summed E-state index contributed by atoms with van der Waals surface area (Å²) in [5.74, 6) is 1.24. The zero-order valence-corrected chi connectivity index (χ0v) is 14.3. The number of nitrogens with zero attached hydrogens (tertiary/aromatic N) is 1. The standard InChI is InChI=1S/C22H17NO3/c1-25-20-10-8-19(9-11-20)22(24)15-26-21-12-6-18(7-13-21)17-4-2-16(14-23)3-5-17/h2-13H,15H2,1H3. The van der Waals surface area contributed by atoms with Crippen molar-refractivity contribution in [2.75, 3.05) is 13.7 Å². The normalized spacial score (nSPS) is 10.0. The van der Waals surface area contributed by atoms with E-state index < -0.39 is 0 Å². The van der Waals surface area contributed by atoms with Gasteiger partial charge in [0.2, 0.25) is 0 Å². The van der Waals surface area contributed by atoms with Crippen LogP contribution in [0.15, 0.2) is 72.8 Å². The molecule has 0 bridgehead atoms. The van der Waals surface area contributed by atoms with Gasteiger partial charge >= 0.3 is 0 Å². The van der Waals surface area contributed by atoms with E-state index >= 15 is 0 Å². The van der Waals surface area contributed by atoms with Crippen molar-refractivity contribution in [2.24, 2.45) is 0 Å². The zero-order valence-electron chi connectivity index (χ0n) is 14.3. The Bertz CT molecular complexity index is 921. The summed E-state index contributed by atoms with van der Waals surface area (Å²) in [4.78, 5) is 12.2. The molecular weight excluding hydrogens is 326 g/mol. The molecule has 0 heterocycles. The number of hydrogen-bond acceptors (Lipinski definition) is 4. The molecule has 0 saturated heterocycles. The lowest BCUT2D eigenvalue weighted by molar-refractivity contribution is 0.0921. The lowest BCUT2D eigenvalue weighted by Gasteiger charge is -2.08. The zero-order chi connectivity index (χ0) is 18.4. The predicted octanol–water partition coefficient (Wildman–Crippen LogP) is 4.50. The molecule has 3 aromatic carbocycles. The molecule has 3 rings (SSSR count). The van der Waals surface area contributed by atoms with E-state index in [0.717, 1.165) is 11.1 Å². The van der Waals surface area contributed by atoms with Crippen LogP contribution in [-0.2, 0) is 0 Å². The molecule has 3 aromatic rings. The second-order valence-electron chi connectivity index (χ2n) is 5.65. The molecule has 0 amide bonds. The fourth-order valence-electron chi connectivity index (χ4n) is 2.49. The number of methoxy groups -OCH3 is 1. The van der Waals surface area contributed by atoms with Crippen LogP contribution in [0.1, 0.15) is 15.9 Å². The molecular formula is C22H17NO3. The minimum atomic E-state index is -0.0937. The van der Waals surface area contributed by atoms with E-state index in [9.17, 15) is 4.79 Å². The van der Waals surface area contributed by atoms with Gasteiger partial charge in [-0.25, -0.2) is 0 Å². The van der Waals surface area contributed by atoms with Gasteiger partial charge in [0, 0.05) is 5.56 Å². The molecule has 0 saturated carbocycles. The molecule has 0 aliphatic heterocycles. The average molecular weight is 343 g/mol. The van der Waals surface area contributed by atoms with Crippen LogP contribution >= 0.6 is 0 Å². The Kier molecular flexibility index (Phi) is 5.31. The van der Waals surface area contributed by atoms with Gasteiger partial charge in [-0.2, -0.15) is 5.26 Å². The minimum Gasteiger partial charge on any atom is -0.497 e. The van der Waals surface area contributed by atoms with Gasteiger partial charge in [0.15, 0.2) is 12.4 Å². The Morgan fingerprint density at radius 3 is 1.92 bits per heavy atom. The van der Waals surface area contributed by atoms with Gasteiger partial charge in [0.1, 0.15) is 11.5 Å². The van der Waals surface area contributed by atoms with E-state index in [1.54, 1.807) is 43.5 Å². The van der Waals surface area contributed by atoms with Gasteiger partial charge in [0.05, 0.1) is 18.7 Å². The largest absolute Gasteiger partial charge is 0.497 e. The number of carbonyl (C=O) groups is 1. The van der Waals surface area contributed by atoms with Crippen molar-refractivity contribution < 1.29 is 14.3 Å². The van der Waals surface area contributed by atoms with Gasteiger partial charge in [-0.1, -0.05) is 24.3 Å². The second kappa shape index (κ2) is 8.00. The van der Waals surface area contributed by atoms with E-state index in [-0.39, 0.29) is 12.4 Å². The third-order valence-corrected chi connectivity index (χ3v) is 3.98. The number of benzene rings is 3. The van der Waals surface area contributed by atoms with Crippen LogP contribution in [0.4, 0.5) is 0 Å². The molecule has 0 spiro atoms. The topological polar surface area (TPSA) is 59.3 Å². The van der Waals surface area contributed by atoms with Gasteiger partial charge in [-0.05, 0) is 59.7 Å². The molecule has 0 unspecified atom stereocenters. The SMILES string of the molecule is COc1ccc(C(=O)COc2ccc(-c3ccc(C#N)cc3)cc2)cc1. The van der Waals surface area contributed by atoms with Crippen LogP contribution < -0.4 is 9.47 Å². The van der Waals surface area contributed by atoms with Crippen molar-refractivity contribution in [3.63, 3.8) is 0 Å². The quantitative estimate of drug-likeness (QED) is 0.619. The molecule has 0 aliphatic rings. The molecule has 0 fully saturated rings. The molecule has 0 aliphatic carbocycles. The highest BCUT2D eigenvalue weighted by Gasteiger charge is 2.07. The first-order valence-electron chi connectivity index (χ1n) is 8.10. The first-order chi connectivity index (χ1) is 12.7. The highest BCUT2D eigenvalue weighted by atomic mass is 16.5. The first-order valence-corrected chi connectivity index (χ1v) is 8.10. The van der Waals surface area contributed by atoms with Crippen molar-refractivity contribution in [1.82, 2.24) is 0 Å². The van der Waals surface area contributed by atoms with Crippen LogP contribution in [-0.4, -0.2) is 19.5 Å². The number of Topliss-reactive ketones (excluding diaryl/α,β-unsaturated/α-hetero) is 1. The second-order valence-corrected chi connectivity index (χ2v) is 5.65. The van der Waals surface area contributed by atoms with Crippen molar-refractivity contribution >= 4 is 5.78 Å². The molecule has 0 aromatic heterocycles. The molecule has 128 valence electrons. The maximum absolute atomic E-state index is 12.2. The summed E-state index contributed by atoms with van der Waals surface area (Å²) in [7, 11) is 1.58. The van der Waals surface area contributed by atoms with Crippen LogP contribution in [0.3, 0.4) is 0 Å². The number of ketones is 1. The molecule has 0 atom stereocenters. The summed E-state index contributed by atoms with van der Waals surface area (Å²) in [5, 5.41) is 8.85. The summed E-state index contributed by atoms with van der Waals surface area (Å²) in [6, 6.07) is 23.9. The summed E-state index contributed by atoms with van der Waals surface area (Å²) in [6.45, 7) is -0.0253. The molecule has 4 heteroatoms. The van der Waals surface area contributed by atoms with Crippen LogP contribution in [0, 0.1) is 11.3 Å². The molecule has 4 nitrogen and oxygen atoms in total. The monoisotopic (exact) mass is 343 g/mol. The van der Waals surface area contributed by atoms with E-state index in [4.69, 9.17) is 14.7 Å². The van der Waals surface area contributed by atoms with Crippen molar-refractivity contribution in [1.29, 1.82) is 5.26 Å². The lowest BCUT2D eigenvalue weighted by Crippen LogP contribution is -2.11. The molecule has 0 radical (unpaired) electrons. The number of carbonyl (C=O) groups excluding carboxylic acids is 1. The molecule has 0 N–H and O–H groups in total.